The second-order valence-electron chi connectivity index (χ2n) is 6.01. The number of guanidine groups is 1. The molecule has 1 aliphatic rings. The molecule has 1 N–H and O–H groups in total. The van der Waals surface area contributed by atoms with Crippen molar-refractivity contribution < 1.29 is 0 Å². The molecular weight excluding hydrogens is 276 g/mol. The highest BCUT2D eigenvalue weighted by Gasteiger charge is 2.29. The predicted molar refractivity (Wildman–Crippen MR) is 89.6 cm³/mol. The fraction of sp³-hybridized carbons (Fsp3) is 0.812. The highest BCUT2D eigenvalue weighted by atomic mass is 15.3. The Balaban J connectivity index is 1.90. The Morgan fingerprint density at radius 2 is 2.18 bits per heavy atom. The SMILES string of the molecule is CCC(CC)[C@@H]1CCN(C(=NC)NCc2nncn2CC)C1. The molecule has 1 aromatic heterocycles. The summed E-state index contributed by atoms with van der Waals surface area (Å²) in [5.41, 5.74) is 0. The van der Waals surface area contributed by atoms with Gasteiger partial charge in [-0.15, -0.1) is 10.2 Å². The van der Waals surface area contributed by atoms with Gasteiger partial charge in [0.25, 0.3) is 0 Å². The van der Waals surface area contributed by atoms with Crippen molar-refractivity contribution in [3.63, 3.8) is 0 Å². The highest BCUT2D eigenvalue weighted by Crippen LogP contribution is 2.28. The molecule has 1 atom stereocenters. The van der Waals surface area contributed by atoms with Crippen molar-refractivity contribution in [3.05, 3.63) is 12.2 Å². The minimum absolute atomic E-state index is 0.673. The van der Waals surface area contributed by atoms with Crippen LogP contribution in [0, 0.1) is 11.8 Å². The van der Waals surface area contributed by atoms with E-state index in [0.29, 0.717) is 6.54 Å². The minimum atomic E-state index is 0.673. The molecule has 2 heterocycles. The number of aromatic nitrogens is 3. The van der Waals surface area contributed by atoms with Gasteiger partial charge in [-0.25, -0.2) is 0 Å². The van der Waals surface area contributed by atoms with Gasteiger partial charge in [-0.2, -0.15) is 0 Å². The Labute approximate surface area is 134 Å². The van der Waals surface area contributed by atoms with E-state index in [-0.39, 0.29) is 0 Å². The van der Waals surface area contributed by atoms with Crippen LogP contribution < -0.4 is 5.32 Å². The van der Waals surface area contributed by atoms with Crippen LogP contribution >= 0.6 is 0 Å². The third kappa shape index (κ3) is 3.78. The molecule has 0 aliphatic carbocycles. The van der Waals surface area contributed by atoms with Gasteiger partial charge in [0.1, 0.15) is 6.33 Å². The maximum Gasteiger partial charge on any atom is 0.194 e. The van der Waals surface area contributed by atoms with E-state index < -0.39 is 0 Å². The maximum atomic E-state index is 4.44. The molecule has 22 heavy (non-hydrogen) atoms. The Bertz CT molecular complexity index is 477. The molecule has 0 amide bonds. The van der Waals surface area contributed by atoms with Crippen LogP contribution in [0.25, 0.3) is 0 Å². The zero-order chi connectivity index (χ0) is 15.9. The lowest BCUT2D eigenvalue weighted by molar-refractivity contribution is 0.319. The summed E-state index contributed by atoms with van der Waals surface area (Å²) in [7, 11) is 1.86. The van der Waals surface area contributed by atoms with E-state index in [0.717, 1.165) is 43.3 Å². The van der Waals surface area contributed by atoms with E-state index in [4.69, 9.17) is 0 Å². The van der Waals surface area contributed by atoms with E-state index in [9.17, 15) is 0 Å². The molecule has 0 saturated carbocycles. The van der Waals surface area contributed by atoms with Crippen molar-refractivity contribution in [1.29, 1.82) is 0 Å². The first kappa shape index (κ1) is 16.8. The average molecular weight is 306 g/mol. The van der Waals surface area contributed by atoms with Crippen LogP contribution in [0.15, 0.2) is 11.3 Å². The van der Waals surface area contributed by atoms with Gasteiger partial charge in [-0.05, 0) is 25.2 Å². The number of hydrogen-bond donors (Lipinski definition) is 1. The van der Waals surface area contributed by atoms with E-state index in [1.165, 1.54) is 19.3 Å². The van der Waals surface area contributed by atoms with Crippen LogP contribution in [0.5, 0.6) is 0 Å². The summed E-state index contributed by atoms with van der Waals surface area (Å²) >= 11 is 0. The number of aryl methyl sites for hydroxylation is 1. The fourth-order valence-corrected chi connectivity index (χ4v) is 3.49. The lowest BCUT2D eigenvalue weighted by atomic mass is 9.87. The molecule has 1 aromatic rings. The summed E-state index contributed by atoms with van der Waals surface area (Å²) in [5.74, 6) is 3.58. The Morgan fingerprint density at radius 1 is 1.41 bits per heavy atom. The number of aliphatic imine (C=N–C) groups is 1. The van der Waals surface area contributed by atoms with Crippen LogP contribution in [0.4, 0.5) is 0 Å². The largest absolute Gasteiger partial charge is 0.349 e. The predicted octanol–water partition coefficient (Wildman–Crippen LogP) is 2.13. The normalized spacial score (nSPS) is 19.2. The molecule has 0 spiro atoms. The van der Waals surface area contributed by atoms with E-state index in [1.807, 2.05) is 7.05 Å². The quantitative estimate of drug-likeness (QED) is 0.646. The van der Waals surface area contributed by atoms with Crippen molar-refractivity contribution >= 4 is 5.96 Å². The lowest BCUT2D eigenvalue weighted by Gasteiger charge is -2.24. The van der Waals surface area contributed by atoms with Gasteiger partial charge in [0.15, 0.2) is 11.8 Å². The zero-order valence-corrected chi connectivity index (χ0v) is 14.4. The van der Waals surface area contributed by atoms with Gasteiger partial charge in [0.05, 0.1) is 6.54 Å². The molecule has 1 aliphatic heterocycles. The Hall–Kier alpha value is -1.59. The van der Waals surface area contributed by atoms with E-state index in [1.54, 1.807) is 6.33 Å². The summed E-state index contributed by atoms with van der Waals surface area (Å²) in [6.45, 7) is 10.5. The third-order valence-corrected chi connectivity index (χ3v) is 4.89. The van der Waals surface area contributed by atoms with Crippen molar-refractivity contribution in [2.45, 2.75) is 53.1 Å². The van der Waals surface area contributed by atoms with Crippen molar-refractivity contribution in [2.24, 2.45) is 16.8 Å². The van der Waals surface area contributed by atoms with Gasteiger partial charge in [0.2, 0.25) is 0 Å². The topological polar surface area (TPSA) is 58.3 Å². The van der Waals surface area contributed by atoms with Crippen LogP contribution in [-0.2, 0) is 13.1 Å². The number of nitrogens with zero attached hydrogens (tertiary/aromatic N) is 5. The van der Waals surface area contributed by atoms with Gasteiger partial charge in [0, 0.05) is 26.7 Å². The molecule has 1 saturated heterocycles. The van der Waals surface area contributed by atoms with Crippen molar-refractivity contribution in [3.8, 4) is 0 Å². The zero-order valence-electron chi connectivity index (χ0n) is 14.4. The second-order valence-corrected chi connectivity index (χ2v) is 6.01. The van der Waals surface area contributed by atoms with Crippen LogP contribution in [0.1, 0.15) is 45.9 Å². The maximum absolute atomic E-state index is 4.44. The first-order valence-electron chi connectivity index (χ1n) is 8.55. The van der Waals surface area contributed by atoms with Crippen LogP contribution in [0.3, 0.4) is 0 Å². The molecule has 0 bridgehead atoms. The van der Waals surface area contributed by atoms with Crippen LogP contribution in [-0.4, -0.2) is 45.8 Å². The Kier molecular flexibility index (Phi) is 6.21. The summed E-state index contributed by atoms with van der Waals surface area (Å²) in [4.78, 5) is 6.83. The van der Waals surface area contributed by atoms with E-state index >= 15 is 0 Å². The lowest BCUT2D eigenvalue weighted by Crippen LogP contribution is -2.40. The van der Waals surface area contributed by atoms with E-state index in [2.05, 4.69) is 50.7 Å². The smallest absolute Gasteiger partial charge is 0.194 e. The molecule has 6 nitrogen and oxygen atoms in total. The fourth-order valence-electron chi connectivity index (χ4n) is 3.49. The summed E-state index contributed by atoms with van der Waals surface area (Å²) in [5, 5.41) is 11.6. The molecular formula is C16H30N6. The second kappa shape index (κ2) is 8.15. The summed E-state index contributed by atoms with van der Waals surface area (Å²) < 4.78 is 2.05. The number of hydrogen-bond acceptors (Lipinski definition) is 3. The standard InChI is InChI=1S/C16H30N6/c1-5-13(6-2)14-8-9-22(11-14)16(17-4)18-10-15-20-19-12-21(15)7-3/h12-14H,5-11H2,1-4H3,(H,17,18)/t14-/m1/s1. The van der Waals surface area contributed by atoms with Gasteiger partial charge in [-0.1, -0.05) is 26.7 Å². The number of likely N-dealkylation sites (tertiary alicyclic amines) is 1. The number of nitrogens with one attached hydrogen (secondary N) is 1. The van der Waals surface area contributed by atoms with Gasteiger partial charge < -0.3 is 14.8 Å². The number of rotatable bonds is 6. The van der Waals surface area contributed by atoms with Gasteiger partial charge in [-0.3, -0.25) is 4.99 Å². The summed E-state index contributed by atoms with van der Waals surface area (Å²) in [6, 6.07) is 0. The monoisotopic (exact) mass is 306 g/mol. The Morgan fingerprint density at radius 3 is 2.82 bits per heavy atom. The first-order chi connectivity index (χ1) is 10.7. The molecule has 6 heteroatoms. The highest BCUT2D eigenvalue weighted by molar-refractivity contribution is 5.80. The summed E-state index contributed by atoms with van der Waals surface area (Å²) in [6.07, 6.45) is 5.61. The molecule has 2 rings (SSSR count). The molecule has 1 fully saturated rings. The molecule has 0 aromatic carbocycles. The molecule has 0 unspecified atom stereocenters. The third-order valence-electron chi connectivity index (χ3n) is 4.89. The van der Waals surface area contributed by atoms with Crippen LogP contribution in [0.2, 0.25) is 0 Å². The first-order valence-corrected chi connectivity index (χ1v) is 8.55. The molecule has 124 valence electrons. The minimum Gasteiger partial charge on any atom is -0.349 e. The average Bonchev–Trinajstić information content (AvgIpc) is 3.19. The van der Waals surface area contributed by atoms with Gasteiger partial charge >= 0.3 is 0 Å². The molecule has 0 radical (unpaired) electrons. The van der Waals surface area contributed by atoms with Crippen molar-refractivity contribution in [1.82, 2.24) is 25.0 Å². The van der Waals surface area contributed by atoms with Crippen molar-refractivity contribution in [2.75, 3.05) is 20.1 Å².